The quantitative estimate of drug-likeness (QED) is 0.437. The fourth-order valence-electron chi connectivity index (χ4n) is 1.90. The lowest BCUT2D eigenvalue weighted by molar-refractivity contribution is 0.101. The molecule has 8 heteroatoms. The van der Waals surface area contributed by atoms with Crippen molar-refractivity contribution in [2.45, 2.75) is 6.92 Å². The van der Waals surface area contributed by atoms with Gasteiger partial charge in [0.05, 0.1) is 18.5 Å². The van der Waals surface area contributed by atoms with E-state index in [1.54, 1.807) is 42.5 Å². The highest BCUT2D eigenvalue weighted by Crippen LogP contribution is 2.28. The van der Waals surface area contributed by atoms with E-state index >= 15 is 0 Å². The maximum atomic E-state index is 11.3. The summed E-state index contributed by atoms with van der Waals surface area (Å²) in [5.41, 5.74) is 7.39. The summed E-state index contributed by atoms with van der Waals surface area (Å²) in [5, 5.41) is 5.16. The molecule has 0 aliphatic rings. The van der Waals surface area contributed by atoms with E-state index in [9.17, 15) is 9.59 Å². The first kappa shape index (κ1) is 18.2. The number of hydrogen-bond acceptors (Lipinski definition) is 6. The number of hydrogen-bond donors (Lipinski definition) is 3. The number of carbonyl (C=O) groups excluding carboxylic acids is 2. The van der Waals surface area contributed by atoms with Crippen molar-refractivity contribution in [3.63, 3.8) is 0 Å². The standard InChI is InChI=1S/C17H17N3O4S/c1-10(21)11-3-5-12(6-4-11)24-13-7-8-14(18)15(9-13)19-16(25)20-17(22)23-2/h3-9H,18H2,1-2H3,(H2,19,20,22,25). The van der Waals surface area contributed by atoms with Crippen LogP contribution in [0, 0.1) is 0 Å². The minimum absolute atomic E-state index is 0.0165. The van der Waals surface area contributed by atoms with E-state index < -0.39 is 6.09 Å². The summed E-state index contributed by atoms with van der Waals surface area (Å²) in [6.07, 6.45) is -0.686. The van der Waals surface area contributed by atoms with Crippen LogP contribution in [0.15, 0.2) is 42.5 Å². The van der Waals surface area contributed by atoms with Crippen molar-refractivity contribution in [2.24, 2.45) is 0 Å². The number of alkyl carbamates (subject to hydrolysis) is 1. The van der Waals surface area contributed by atoms with Gasteiger partial charge in [-0.1, -0.05) is 0 Å². The van der Waals surface area contributed by atoms with E-state index in [1.165, 1.54) is 14.0 Å². The third-order valence-electron chi connectivity index (χ3n) is 3.17. The van der Waals surface area contributed by atoms with Crippen LogP contribution >= 0.6 is 12.2 Å². The van der Waals surface area contributed by atoms with E-state index in [1.807, 2.05) is 0 Å². The number of nitrogens with two attached hydrogens (primary N) is 1. The Hall–Kier alpha value is -3.13. The highest BCUT2D eigenvalue weighted by molar-refractivity contribution is 7.80. The van der Waals surface area contributed by atoms with Crippen LogP contribution < -0.4 is 21.1 Å². The molecule has 0 heterocycles. The molecule has 4 N–H and O–H groups in total. The van der Waals surface area contributed by atoms with Crippen molar-refractivity contribution in [2.75, 3.05) is 18.2 Å². The molecule has 0 saturated heterocycles. The molecule has 0 bridgehead atoms. The Kier molecular flexibility index (Phi) is 5.91. The molecule has 0 saturated carbocycles. The average molecular weight is 359 g/mol. The fourth-order valence-corrected chi connectivity index (χ4v) is 2.09. The molecule has 130 valence electrons. The van der Waals surface area contributed by atoms with E-state index in [2.05, 4.69) is 15.4 Å². The van der Waals surface area contributed by atoms with Crippen molar-refractivity contribution in [1.29, 1.82) is 0 Å². The zero-order valence-corrected chi connectivity index (χ0v) is 14.5. The SMILES string of the molecule is COC(=O)NC(=S)Nc1cc(Oc2ccc(C(C)=O)cc2)ccc1N. The lowest BCUT2D eigenvalue weighted by Gasteiger charge is -2.13. The topological polar surface area (TPSA) is 103 Å². The molecule has 0 aliphatic heterocycles. The number of ketones is 1. The third-order valence-corrected chi connectivity index (χ3v) is 3.37. The number of nitrogen functional groups attached to an aromatic ring is 1. The number of nitrogens with one attached hydrogen (secondary N) is 2. The molecule has 0 aromatic heterocycles. The minimum Gasteiger partial charge on any atom is -0.457 e. The van der Waals surface area contributed by atoms with Crippen LogP contribution in [0.25, 0.3) is 0 Å². The zero-order valence-electron chi connectivity index (χ0n) is 13.7. The molecule has 0 spiro atoms. The van der Waals surface area contributed by atoms with E-state index in [0.717, 1.165) is 0 Å². The number of methoxy groups -OCH3 is 1. The second kappa shape index (κ2) is 8.11. The minimum atomic E-state index is -0.686. The van der Waals surface area contributed by atoms with Gasteiger partial charge in [0.2, 0.25) is 0 Å². The summed E-state index contributed by atoms with van der Waals surface area (Å²) in [6, 6.07) is 11.7. The van der Waals surface area contributed by atoms with Gasteiger partial charge in [-0.05, 0) is 55.5 Å². The summed E-state index contributed by atoms with van der Waals surface area (Å²) < 4.78 is 10.2. The maximum Gasteiger partial charge on any atom is 0.413 e. The van der Waals surface area contributed by atoms with Gasteiger partial charge in [-0.25, -0.2) is 4.79 Å². The molecular formula is C17H17N3O4S. The molecular weight excluding hydrogens is 342 g/mol. The van der Waals surface area contributed by atoms with Gasteiger partial charge in [-0.2, -0.15) is 0 Å². The first-order valence-corrected chi connectivity index (χ1v) is 7.64. The van der Waals surface area contributed by atoms with Crippen molar-refractivity contribution >= 4 is 40.6 Å². The highest BCUT2D eigenvalue weighted by atomic mass is 32.1. The largest absolute Gasteiger partial charge is 0.457 e. The normalized spacial score (nSPS) is 9.84. The number of ether oxygens (including phenoxy) is 2. The molecule has 0 fully saturated rings. The molecule has 2 rings (SSSR count). The number of Topliss-reactive ketones (excluding diaryl/α,β-unsaturated/α-hetero) is 1. The number of carbonyl (C=O) groups is 2. The number of thiocarbonyl (C=S) groups is 1. The first-order valence-electron chi connectivity index (χ1n) is 7.23. The Labute approximate surface area is 150 Å². The predicted molar refractivity (Wildman–Crippen MR) is 99.1 cm³/mol. The zero-order chi connectivity index (χ0) is 18.4. The number of amides is 1. The summed E-state index contributed by atoms with van der Waals surface area (Å²) in [6.45, 7) is 1.50. The van der Waals surface area contributed by atoms with Crippen LogP contribution in [-0.2, 0) is 4.74 Å². The number of rotatable bonds is 4. The van der Waals surface area contributed by atoms with Gasteiger partial charge in [-0.3, -0.25) is 10.1 Å². The van der Waals surface area contributed by atoms with Crippen LogP contribution in [0.5, 0.6) is 11.5 Å². The lowest BCUT2D eigenvalue weighted by atomic mass is 10.1. The smallest absolute Gasteiger partial charge is 0.413 e. The molecule has 0 aliphatic carbocycles. The van der Waals surface area contributed by atoms with E-state index in [-0.39, 0.29) is 10.9 Å². The van der Waals surface area contributed by atoms with Gasteiger partial charge >= 0.3 is 6.09 Å². The van der Waals surface area contributed by atoms with E-state index in [0.29, 0.717) is 28.4 Å². The Balaban J connectivity index is 2.11. The summed E-state index contributed by atoms with van der Waals surface area (Å²) in [5.74, 6) is 1.06. The molecule has 2 aromatic rings. The molecule has 0 atom stereocenters. The second-order valence-corrected chi connectivity index (χ2v) is 5.41. The predicted octanol–water partition coefficient (Wildman–Crippen LogP) is 3.32. The highest BCUT2D eigenvalue weighted by Gasteiger charge is 2.08. The van der Waals surface area contributed by atoms with Gasteiger partial charge in [0.15, 0.2) is 10.9 Å². The van der Waals surface area contributed by atoms with Gasteiger partial charge in [0.1, 0.15) is 11.5 Å². The Morgan fingerprint density at radius 2 is 1.72 bits per heavy atom. The fraction of sp³-hybridized carbons (Fsp3) is 0.118. The Morgan fingerprint density at radius 3 is 2.32 bits per heavy atom. The van der Waals surface area contributed by atoms with Gasteiger partial charge in [0.25, 0.3) is 0 Å². The molecule has 1 amide bonds. The molecule has 2 aromatic carbocycles. The Bertz CT molecular complexity index is 806. The summed E-state index contributed by atoms with van der Waals surface area (Å²) in [4.78, 5) is 22.4. The maximum absolute atomic E-state index is 11.3. The number of benzene rings is 2. The average Bonchev–Trinajstić information content (AvgIpc) is 2.58. The lowest BCUT2D eigenvalue weighted by Crippen LogP contribution is -2.34. The van der Waals surface area contributed by atoms with Crippen molar-refractivity contribution in [3.05, 3.63) is 48.0 Å². The van der Waals surface area contributed by atoms with Crippen molar-refractivity contribution < 1.29 is 19.1 Å². The molecule has 0 radical (unpaired) electrons. The van der Waals surface area contributed by atoms with Gasteiger partial charge in [0, 0.05) is 11.6 Å². The second-order valence-electron chi connectivity index (χ2n) is 5.00. The number of anilines is 2. The summed E-state index contributed by atoms with van der Waals surface area (Å²) >= 11 is 5.00. The summed E-state index contributed by atoms with van der Waals surface area (Å²) in [7, 11) is 1.23. The van der Waals surface area contributed by atoms with Crippen LogP contribution in [0.2, 0.25) is 0 Å². The van der Waals surface area contributed by atoms with Gasteiger partial charge < -0.3 is 20.5 Å². The molecule has 7 nitrogen and oxygen atoms in total. The monoisotopic (exact) mass is 359 g/mol. The van der Waals surface area contributed by atoms with Crippen LogP contribution in [-0.4, -0.2) is 24.1 Å². The van der Waals surface area contributed by atoms with E-state index in [4.69, 9.17) is 22.7 Å². The van der Waals surface area contributed by atoms with Gasteiger partial charge in [-0.15, -0.1) is 0 Å². The van der Waals surface area contributed by atoms with Crippen LogP contribution in [0.1, 0.15) is 17.3 Å². The van der Waals surface area contributed by atoms with Crippen molar-refractivity contribution in [1.82, 2.24) is 5.32 Å². The Morgan fingerprint density at radius 1 is 1.08 bits per heavy atom. The molecule has 25 heavy (non-hydrogen) atoms. The van der Waals surface area contributed by atoms with Crippen LogP contribution in [0.4, 0.5) is 16.2 Å². The molecule has 0 unspecified atom stereocenters. The van der Waals surface area contributed by atoms with Crippen LogP contribution in [0.3, 0.4) is 0 Å². The third kappa shape index (κ3) is 5.18. The first-order chi connectivity index (χ1) is 11.9. The van der Waals surface area contributed by atoms with Crippen molar-refractivity contribution in [3.8, 4) is 11.5 Å².